The molecule has 0 spiro atoms. The van der Waals surface area contributed by atoms with E-state index in [0.29, 0.717) is 0 Å². The highest BCUT2D eigenvalue weighted by atomic mass is 79.9. The molecular weight excluding hydrogens is 341 g/mol. The minimum atomic E-state index is -4.49. The first-order chi connectivity index (χ1) is 9.27. The lowest BCUT2D eigenvalue weighted by molar-refractivity contribution is -0.188. The van der Waals surface area contributed by atoms with Crippen molar-refractivity contribution >= 4 is 21.9 Å². The van der Waals surface area contributed by atoms with E-state index in [0.717, 1.165) is 10.0 Å². The van der Waals surface area contributed by atoms with Crippen LogP contribution < -0.4 is 0 Å². The average Bonchev–Trinajstić information content (AvgIpc) is 2.73. The lowest BCUT2D eigenvalue weighted by Gasteiger charge is -2.18. The molecule has 2 heterocycles. The Morgan fingerprint density at radius 3 is 2.65 bits per heavy atom. The van der Waals surface area contributed by atoms with Crippen LogP contribution in [0.15, 0.2) is 22.9 Å². The van der Waals surface area contributed by atoms with E-state index in [9.17, 15) is 18.0 Å². The van der Waals surface area contributed by atoms with Gasteiger partial charge in [-0.2, -0.15) is 13.2 Å². The molecule has 0 bridgehead atoms. The number of aliphatic carboxylic acids is 1. The van der Waals surface area contributed by atoms with Gasteiger partial charge in [0.05, 0.1) is 11.8 Å². The fourth-order valence-electron chi connectivity index (χ4n) is 2.40. The topological polar surface area (TPSA) is 53.4 Å². The number of pyridine rings is 1. The lowest BCUT2D eigenvalue weighted by atomic mass is 9.96. The maximum Gasteiger partial charge on any atom is 0.393 e. The van der Waals surface area contributed by atoms with E-state index in [1.54, 1.807) is 18.5 Å². The van der Waals surface area contributed by atoms with Crippen molar-refractivity contribution in [2.75, 3.05) is 13.1 Å². The van der Waals surface area contributed by atoms with Gasteiger partial charge in [-0.3, -0.25) is 14.7 Å². The number of carboxylic acid groups (broad SMARTS) is 1. The summed E-state index contributed by atoms with van der Waals surface area (Å²) in [6, 6.07) is 1.75. The molecule has 0 aliphatic carbocycles. The molecule has 1 aliphatic rings. The highest BCUT2D eigenvalue weighted by Crippen LogP contribution is 2.38. The van der Waals surface area contributed by atoms with Gasteiger partial charge in [-0.15, -0.1) is 0 Å². The van der Waals surface area contributed by atoms with Gasteiger partial charge in [0.15, 0.2) is 0 Å². The van der Waals surface area contributed by atoms with Gasteiger partial charge in [-0.25, -0.2) is 0 Å². The first-order valence-corrected chi connectivity index (χ1v) is 6.68. The molecule has 2 rings (SSSR count). The molecule has 20 heavy (non-hydrogen) atoms. The van der Waals surface area contributed by atoms with E-state index in [2.05, 4.69) is 20.9 Å². The van der Waals surface area contributed by atoms with Crippen molar-refractivity contribution in [1.82, 2.24) is 9.88 Å². The molecule has 8 heteroatoms. The van der Waals surface area contributed by atoms with Crippen LogP contribution in [0.25, 0.3) is 0 Å². The molecular formula is C12H12BrF3N2O2. The van der Waals surface area contributed by atoms with E-state index in [1.807, 2.05) is 0 Å². The van der Waals surface area contributed by atoms with Crippen LogP contribution >= 0.6 is 15.9 Å². The number of halogens is 4. The second-order valence-electron chi connectivity index (χ2n) is 4.80. The molecule has 2 atom stereocenters. The molecule has 4 nitrogen and oxygen atoms in total. The highest BCUT2D eigenvalue weighted by molar-refractivity contribution is 9.10. The van der Waals surface area contributed by atoms with Gasteiger partial charge in [0, 0.05) is 36.5 Å². The van der Waals surface area contributed by atoms with Crippen LogP contribution in [0, 0.1) is 11.8 Å². The Balaban J connectivity index is 2.10. The summed E-state index contributed by atoms with van der Waals surface area (Å²) < 4.78 is 39.2. The summed E-state index contributed by atoms with van der Waals surface area (Å²) in [5, 5.41) is 8.93. The van der Waals surface area contributed by atoms with Crippen LogP contribution in [-0.4, -0.2) is 40.2 Å². The molecule has 0 aromatic carbocycles. The van der Waals surface area contributed by atoms with Crippen molar-refractivity contribution in [3.63, 3.8) is 0 Å². The molecule has 1 N–H and O–H groups in total. The normalized spacial score (nSPS) is 24.0. The zero-order chi connectivity index (χ0) is 14.9. The number of hydrogen-bond donors (Lipinski definition) is 1. The molecule has 0 unspecified atom stereocenters. The monoisotopic (exact) mass is 352 g/mol. The van der Waals surface area contributed by atoms with Gasteiger partial charge >= 0.3 is 12.1 Å². The number of likely N-dealkylation sites (tertiary alicyclic amines) is 1. The number of nitrogens with zero attached hydrogens (tertiary/aromatic N) is 2. The number of carboxylic acids is 1. The number of carbonyl (C=O) groups is 1. The molecule has 0 amide bonds. The van der Waals surface area contributed by atoms with Gasteiger partial charge in [0.2, 0.25) is 0 Å². The van der Waals surface area contributed by atoms with Gasteiger partial charge in [0.25, 0.3) is 0 Å². The maximum absolute atomic E-state index is 12.8. The Hall–Kier alpha value is -1.15. The fraction of sp³-hybridized carbons (Fsp3) is 0.500. The average molecular weight is 353 g/mol. The minimum Gasteiger partial charge on any atom is -0.481 e. The zero-order valence-electron chi connectivity index (χ0n) is 10.3. The standard InChI is InChI=1S/C12H12BrF3N2O2/c13-8-1-7(2-17-3-8)4-18-5-9(11(19)20)10(6-18)12(14,15)16/h1-3,9-10H,4-6H2,(H,19,20)/t9-,10-/m1/s1. The molecule has 1 fully saturated rings. The second-order valence-corrected chi connectivity index (χ2v) is 5.71. The quantitative estimate of drug-likeness (QED) is 0.908. The molecule has 110 valence electrons. The Morgan fingerprint density at radius 1 is 1.45 bits per heavy atom. The first kappa shape index (κ1) is 15.2. The molecule has 0 radical (unpaired) electrons. The Kier molecular flexibility index (Phi) is 4.33. The van der Waals surface area contributed by atoms with Crippen LogP contribution in [0.5, 0.6) is 0 Å². The fourth-order valence-corrected chi connectivity index (χ4v) is 2.81. The van der Waals surface area contributed by atoms with Gasteiger partial charge in [-0.1, -0.05) is 0 Å². The Bertz CT molecular complexity index is 510. The van der Waals surface area contributed by atoms with Crippen molar-refractivity contribution in [3.05, 3.63) is 28.5 Å². The third-order valence-corrected chi connectivity index (χ3v) is 3.73. The minimum absolute atomic E-state index is 0.105. The molecule has 1 aliphatic heterocycles. The predicted octanol–water partition coefficient (Wildman–Crippen LogP) is 2.54. The van der Waals surface area contributed by atoms with Crippen LogP contribution in [0.3, 0.4) is 0 Å². The van der Waals surface area contributed by atoms with Crippen molar-refractivity contribution in [2.45, 2.75) is 12.7 Å². The van der Waals surface area contributed by atoms with E-state index in [4.69, 9.17) is 5.11 Å². The van der Waals surface area contributed by atoms with Gasteiger partial charge < -0.3 is 5.11 Å². The number of hydrogen-bond acceptors (Lipinski definition) is 3. The summed E-state index contributed by atoms with van der Waals surface area (Å²) in [5.41, 5.74) is 0.742. The van der Waals surface area contributed by atoms with Crippen molar-refractivity contribution in [1.29, 1.82) is 0 Å². The van der Waals surface area contributed by atoms with E-state index >= 15 is 0 Å². The summed E-state index contributed by atoms with van der Waals surface area (Å²) in [6.45, 7) is -0.151. The molecule has 0 saturated carbocycles. The second kappa shape index (κ2) is 5.69. The number of alkyl halides is 3. The largest absolute Gasteiger partial charge is 0.481 e. The Morgan fingerprint density at radius 2 is 2.15 bits per heavy atom. The third-order valence-electron chi connectivity index (χ3n) is 3.30. The van der Waals surface area contributed by atoms with Crippen LogP contribution in [0.2, 0.25) is 0 Å². The molecule has 1 saturated heterocycles. The number of rotatable bonds is 3. The van der Waals surface area contributed by atoms with Crippen LogP contribution in [0.4, 0.5) is 13.2 Å². The van der Waals surface area contributed by atoms with Gasteiger partial charge in [-0.05, 0) is 27.6 Å². The maximum atomic E-state index is 12.8. The van der Waals surface area contributed by atoms with E-state index < -0.39 is 24.0 Å². The summed E-state index contributed by atoms with van der Waals surface area (Å²) >= 11 is 3.24. The van der Waals surface area contributed by atoms with E-state index in [1.165, 1.54) is 4.90 Å². The van der Waals surface area contributed by atoms with Gasteiger partial charge in [0.1, 0.15) is 0 Å². The van der Waals surface area contributed by atoms with E-state index in [-0.39, 0.29) is 19.6 Å². The SMILES string of the molecule is O=C(O)[C@@H]1CN(Cc2cncc(Br)c2)C[C@H]1C(F)(F)F. The lowest BCUT2D eigenvalue weighted by Crippen LogP contribution is -2.33. The van der Waals surface area contributed by atoms with Crippen molar-refractivity contribution in [2.24, 2.45) is 11.8 Å². The zero-order valence-corrected chi connectivity index (χ0v) is 11.9. The van der Waals surface area contributed by atoms with Crippen LogP contribution in [-0.2, 0) is 11.3 Å². The Labute approximate surface area is 121 Å². The summed E-state index contributed by atoms with van der Waals surface area (Å²) in [6.07, 6.45) is -1.36. The third kappa shape index (κ3) is 3.49. The van der Waals surface area contributed by atoms with Crippen molar-refractivity contribution < 1.29 is 23.1 Å². The summed E-state index contributed by atoms with van der Waals surface area (Å²) in [5.74, 6) is -4.63. The summed E-state index contributed by atoms with van der Waals surface area (Å²) in [4.78, 5) is 16.4. The molecule has 1 aromatic heterocycles. The van der Waals surface area contributed by atoms with Crippen LogP contribution in [0.1, 0.15) is 5.56 Å². The van der Waals surface area contributed by atoms with Crippen molar-refractivity contribution in [3.8, 4) is 0 Å². The highest BCUT2D eigenvalue weighted by Gasteiger charge is 2.52. The summed E-state index contributed by atoms with van der Waals surface area (Å²) in [7, 11) is 0. The smallest absolute Gasteiger partial charge is 0.393 e. The predicted molar refractivity (Wildman–Crippen MR) is 67.9 cm³/mol. The number of aromatic nitrogens is 1. The molecule has 1 aromatic rings. The first-order valence-electron chi connectivity index (χ1n) is 5.88.